The van der Waals surface area contributed by atoms with E-state index >= 15 is 0 Å². The summed E-state index contributed by atoms with van der Waals surface area (Å²) in [5.74, 6) is 1.57. The van der Waals surface area contributed by atoms with Crippen molar-refractivity contribution in [2.24, 2.45) is 5.92 Å². The molecule has 1 aromatic heterocycles. The summed E-state index contributed by atoms with van der Waals surface area (Å²) in [6, 6.07) is 8.08. The monoisotopic (exact) mass is 374 g/mol. The zero-order valence-corrected chi connectivity index (χ0v) is 16.0. The molecule has 0 unspecified atom stereocenters. The highest BCUT2D eigenvalue weighted by Crippen LogP contribution is 2.28. The standard InChI is InChI=1S/C19H26N4O2S/c1-14-4-2-5-16(12-14)18-21-22-19(26)23(18)10-8-17(24)20-9-3-11-25-13-15-6-7-15/h2,4-5,12,15H,3,6-11,13H2,1H3,(H,20,24)(H,22,26). The van der Waals surface area contributed by atoms with Gasteiger partial charge in [-0.25, -0.2) is 0 Å². The van der Waals surface area contributed by atoms with E-state index in [1.807, 2.05) is 29.7 Å². The van der Waals surface area contributed by atoms with Crippen molar-refractivity contribution in [2.45, 2.75) is 39.2 Å². The maximum atomic E-state index is 12.1. The second-order valence-electron chi connectivity index (χ2n) is 6.85. The third kappa shape index (κ3) is 5.51. The molecular formula is C19H26N4O2S. The van der Waals surface area contributed by atoms with Crippen molar-refractivity contribution in [3.8, 4) is 11.4 Å². The first kappa shape index (κ1) is 18.8. The van der Waals surface area contributed by atoms with Gasteiger partial charge in [-0.3, -0.25) is 14.5 Å². The minimum absolute atomic E-state index is 0.0190. The lowest BCUT2D eigenvalue weighted by molar-refractivity contribution is -0.121. The maximum Gasteiger partial charge on any atom is 0.221 e. The Morgan fingerprint density at radius 3 is 3.08 bits per heavy atom. The molecule has 6 nitrogen and oxygen atoms in total. The fourth-order valence-electron chi connectivity index (χ4n) is 2.77. The average molecular weight is 375 g/mol. The van der Waals surface area contributed by atoms with Crippen LogP contribution in [-0.4, -0.2) is 40.4 Å². The summed E-state index contributed by atoms with van der Waals surface area (Å²) in [5, 5.41) is 10.1. The lowest BCUT2D eigenvalue weighted by atomic mass is 10.1. The van der Waals surface area contributed by atoms with Crippen LogP contribution in [-0.2, 0) is 16.1 Å². The number of benzene rings is 1. The van der Waals surface area contributed by atoms with E-state index in [0.29, 0.717) is 30.9 Å². The van der Waals surface area contributed by atoms with Crippen LogP contribution >= 0.6 is 12.2 Å². The number of carbonyl (C=O) groups excluding carboxylic acids is 1. The summed E-state index contributed by atoms with van der Waals surface area (Å²) in [7, 11) is 0. The highest BCUT2D eigenvalue weighted by atomic mass is 32.1. The first-order valence-corrected chi connectivity index (χ1v) is 9.61. The van der Waals surface area contributed by atoms with Gasteiger partial charge in [0.15, 0.2) is 10.6 Å². The van der Waals surface area contributed by atoms with Crippen LogP contribution in [0.2, 0.25) is 0 Å². The van der Waals surface area contributed by atoms with Gasteiger partial charge in [0.1, 0.15) is 0 Å². The second kappa shape index (κ2) is 9.09. The van der Waals surface area contributed by atoms with E-state index in [-0.39, 0.29) is 5.91 Å². The van der Waals surface area contributed by atoms with E-state index < -0.39 is 0 Å². The zero-order valence-electron chi connectivity index (χ0n) is 15.2. The number of hydrogen-bond donors (Lipinski definition) is 2. The molecule has 1 fully saturated rings. The smallest absolute Gasteiger partial charge is 0.221 e. The lowest BCUT2D eigenvalue weighted by Gasteiger charge is -2.09. The quantitative estimate of drug-likeness (QED) is 0.495. The number of H-pyrrole nitrogens is 1. The number of aromatic nitrogens is 3. The third-order valence-corrected chi connectivity index (χ3v) is 4.75. The van der Waals surface area contributed by atoms with Crippen molar-refractivity contribution in [1.29, 1.82) is 0 Å². The Hall–Kier alpha value is -1.99. The molecule has 0 atom stereocenters. The predicted octanol–water partition coefficient (Wildman–Crippen LogP) is 3.24. The fraction of sp³-hybridized carbons (Fsp3) is 0.526. The SMILES string of the molecule is Cc1cccc(-c2n[nH]c(=S)n2CCC(=O)NCCCOCC2CC2)c1. The summed E-state index contributed by atoms with van der Waals surface area (Å²) in [6.07, 6.45) is 3.82. The molecule has 0 radical (unpaired) electrons. The number of nitrogens with zero attached hydrogens (tertiary/aromatic N) is 2. The molecule has 1 heterocycles. The van der Waals surface area contributed by atoms with Gasteiger partial charge in [-0.1, -0.05) is 23.8 Å². The molecule has 0 bridgehead atoms. The number of carbonyl (C=O) groups is 1. The Kier molecular flexibility index (Phi) is 6.57. The lowest BCUT2D eigenvalue weighted by Crippen LogP contribution is -2.26. The first-order chi connectivity index (χ1) is 12.6. The van der Waals surface area contributed by atoms with Crippen LogP contribution in [0.3, 0.4) is 0 Å². The molecule has 1 aromatic carbocycles. The molecule has 140 valence electrons. The number of aromatic amines is 1. The summed E-state index contributed by atoms with van der Waals surface area (Å²) in [5.41, 5.74) is 2.15. The minimum Gasteiger partial charge on any atom is -0.381 e. The molecule has 0 aliphatic heterocycles. The van der Waals surface area contributed by atoms with Crippen molar-refractivity contribution in [1.82, 2.24) is 20.1 Å². The highest BCUT2D eigenvalue weighted by Gasteiger charge is 2.20. The van der Waals surface area contributed by atoms with Gasteiger partial charge in [-0.05, 0) is 50.4 Å². The van der Waals surface area contributed by atoms with Gasteiger partial charge in [-0.2, -0.15) is 5.10 Å². The Morgan fingerprint density at radius 1 is 1.46 bits per heavy atom. The molecule has 1 amide bonds. The van der Waals surface area contributed by atoms with Gasteiger partial charge in [0.05, 0.1) is 0 Å². The molecule has 7 heteroatoms. The normalized spacial score (nSPS) is 13.7. The Bertz CT molecular complexity index is 795. The molecule has 1 saturated carbocycles. The van der Waals surface area contributed by atoms with Crippen LogP contribution in [0.4, 0.5) is 0 Å². The summed E-state index contributed by atoms with van der Waals surface area (Å²) in [4.78, 5) is 12.1. The number of rotatable bonds is 10. The van der Waals surface area contributed by atoms with Gasteiger partial charge in [0.25, 0.3) is 0 Å². The first-order valence-electron chi connectivity index (χ1n) is 9.20. The average Bonchev–Trinajstić information content (AvgIpc) is 3.37. The van der Waals surface area contributed by atoms with Gasteiger partial charge in [0.2, 0.25) is 5.91 Å². The van der Waals surface area contributed by atoms with Crippen molar-refractivity contribution in [3.63, 3.8) is 0 Å². The van der Waals surface area contributed by atoms with E-state index in [9.17, 15) is 4.79 Å². The van der Waals surface area contributed by atoms with Crippen molar-refractivity contribution in [2.75, 3.05) is 19.8 Å². The summed E-state index contributed by atoms with van der Waals surface area (Å²) in [6.45, 7) is 4.76. The van der Waals surface area contributed by atoms with Crippen LogP contribution in [0, 0.1) is 17.6 Å². The summed E-state index contributed by atoms with van der Waals surface area (Å²) >= 11 is 5.32. The van der Waals surface area contributed by atoms with Crippen LogP contribution in [0.1, 0.15) is 31.2 Å². The molecule has 1 aliphatic rings. The molecule has 26 heavy (non-hydrogen) atoms. The Labute approximate surface area is 159 Å². The second-order valence-corrected chi connectivity index (χ2v) is 7.23. The number of amides is 1. The minimum atomic E-state index is 0.0190. The van der Waals surface area contributed by atoms with E-state index in [1.54, 1.807) is 0 Å². The predicted molar refractivity (Wildman–Crippen MR) is 103 cm³/mol. The van der Waals surface area contributed by atoms with E-state index in [1.165, 1.54) is 12.8 Å². The molecule has 2 aromatic rings. The number of ether oxygens (including phenoxy) is 1. The van der Waals surface area contributed by atoms with E-state index in [0.717, 1.165) is 35.9 Å². The van der Waals surface area contributed by atoms with Crippen molar-refractivity contribution >= 4 is 18.1 Å². The van der Waals surface area contributed by atoms with Crippen LogP contribution in [0.15, 0.2) is 24.3 Å². The zero-order chi connectivity index (χ0) is 18.4. The molecule has 0 spiro atoms. The van der Waals surface area contributed by atoms with Gasteiger partial charge in [0, 0.05) is 38.3 Å². The van der Waals surface area contributed by atoms with Crippen LogP contribution in [0.5, 0.6) is 0 Å². The molecule has 3 rings (SSSR count). The number of hydrogen-bond acceptors (Lipinski definition) is 4. The molecule has 2 N–H and O–H groups in total. The fourth-order valence-corrected chi connectivity index (χ4v) is 2.99. The summed E-state index contributed by atoms with van der Waals surface area (Å²) < 4.78 is 7.97. The molecular weight excluding hydrogens is 348 g/mol. The van der Waals surface area contributed by atoms with Crippen LogP contribution in [0.25, 0.3) is 11.4 Å². The Balaban J connectivity index is 1.44. The van der Waals surface area contributed by atoms with Crippen LogP contribution < -0.4 is 5.32 Å². The molecule has 1 aliphatic carbocycles. The van der Waals surface area contributed by atoms with E-state index in [4.69, 9.17) is 17.0 Å². The number of nitrogens with one attached hydrogen (secondary N) is 2. The maximum absolute atomic E-state index is 12.1. The largest absolute Gasteiger partial charge is 0.381 e. The van der Waals surface area contributed by atoms with Crippen molar-refractivity contribution < 1.29 is 9.53 Å². The Morgan fingerprint density at radius 2 is 2.31 bits per heavy atom. The van der Waals surface area contributed by atoms with Gasteiger partial charge >= 0.3 is 0 Å². The highest BCUT2D eigenvalue weighted by molar-refractivity contribution is 7.71. The number of aryl methyl sites for hydroxylation is 1. The topological polar surface area (TPSA) is 71.9 Å². The van der Waals surface area contributed by atoms with Gasteiger partial charge < -0.3 is 10.1 Å². The third-order valence-electron chi connectivity index (χ3n) is 4.44. The molecule has 0 saturated heterocycles. The van der Waals surface area contributed by atoms with Gasteiger partial charge in [-0.15, -0.1) is 0 Å². The van der Waals surface area contributed by atoms with Crippen molar-refractivity contribution in [3.05, 3.63) is 34.6 Å². The van der Waals surface area contributed by atoms with E-state index in [2.05, 4.69) is 21.6 Å².